The largest absolute Gasteiger partial charge is 0.444 e. The molecule has 1 heterocycles. The molecule has 1 saturated carbocycles. The molecule has 1 unspecified atom stereocenters. The molecule has 1 aliphatic carbocycles. The fraction of sp³-hybridized carbons (Fsp3) is 0.917. The molecule has 18 heavy (non-hydrogen) atoms. The van der Waals surface area contributed by atoms with Gasteiger partial charge in [-0.1, -0.05) is 5.11 Å². The summed E-state index contributed by atoms with van der Waals surface area (Å²) in [6, 6.07) is 0.0636. The van der Waals surface area contributed by atoms with E-state index in [1.807, 2.05) is 20.8 Å². The second-order valence-corrected chi connectivity index (χ2v) is 6.18. The minimum Gasteiger partial charge on any atom is -0.444 e. The molecule has 3 atom stereocenters. The van der Waals surface area contributed by atoms with Gasteiger partial charge in [-0.15, -0.1) is 0 Å². The number of rotatable bonds is 1. The van der Waals surface area contributed by atoms with Crippen LogP contribution in [0.4, 0.5) is 4.79 Å². The highest BCUT2D eigenvalue weighted by Crippen LogP contribution is 2.39. The first-order chi connectivity index (χ1) is 8.40. The molecule has 2 bridgehead atoms. The summed E-state index contributed by atoms with van der Waals surface area (Å²) in [5.41, 5.74) is 8.10. The summed E-state index contributed by atoms with van der Waals surface area (Å²) in [5, 5.41) is 3.88. The van der Waals surface area contributed by atoms with Crippen molar-refractivity contribution in [2.75, 3.05) is 13.1 Å². The van der Waals surface area contributed by atoms with Gasteiger partial charge in [0.2, 0.25) is 0 Å². The van der Waals surface area contributed by atoms with Crippen molar-refractivity contribution >= 4 is 6.09 Å². The van der Waals surface area contributed by atoms with Gasteiger partial charge in [0.15, 0.2) is 0 Å². The summed E-state index contributed by atoms with van der Waals surface area (Å²) in [6.07, 6.45) is 1.82. The number of amides is 1. The van der Waals surface area contributed by atoms with Gasteiger partial charge in [0.05, 0.1) is 0 Å². The summed E-state index contributed by atoms with van der Waals surface area (Å²) in [6.45, 7) is 6.90. The second-order valence-electron chi connectivity index (χ2n) is 6.18. The molecule has 0 aromatic heterocycles. The lowest BCUT2D eigenvalue weighted by Crippen LogP contribution is -2.48. The molecular formula is C12H20N4O2. The van der Waals surface area contributed by atoms with E-state index >= 15 is 0 Å². The number of nitrogens with zero attached hydrogens (tertiary/aromatic N) is 4. The Hall–Kier alpha value is -1.42. The van der Waals surface area contributed by atoms with Gasteiger partial charge in [-0.2, -0.15) is 0 Å². The summed E-state index contributed by atoms with van der Waals surface area (Å²) >= 11 is 0. The number of carbonyl (C=O) groups is 1. The van der Waals surface area contributed by atoms with Crippen LogP contribution < -0.4 is 0 Å². The lowest BCUT2D eigenvalue weighted by Gasteiger charge is -2.36. The summed E-state index contributed by atoms with van der Waals surface area (Å²) in [5.74, 6) is 0.597. The number of ether oxygens (including phenoxy) is 1. The third-order valence-electron chi connectivity index (χ3n) is 3.62. The van der Waals surface area contributed by atoms with Crippen LogP contribution in [0.5, 0.6) is 0 Å². The summed E-state index contributed by atoms with van der Waals surface area (Å²) < 4.78 is 5.38. The van der Waals surface area contributed by atoms with Crippen molar-refractivity contribution in [3.63, 3.8) is 0 Å². The molecular weight excluding hydrogens is 232 g/mol. The van der Waals surface area contributed by atoms with Gasteiger partial charge < -0.3 is 9.64 Å². The normalized spacial score (nSPS) is 30.8. The van der Waals surface area contributed by atoms with Gasteiger partial charge in [-0.05, 0) is 51.0 Å². The Labute approximate surface area is 107 Å². The molecule has 2 fully saturated rings. The maximum Gasteiger partial charge on any atom is 0.410 e. The molecule has 0 aromatic rings. The van der Waals surface area contributed by atoms with Crippen molar-refractivity contribution in [3.8, 4) is 0 Å². The molecule has 0 N–H and O–H groups in total. The molecule has 100 valence electrons. The van der Waals surface area contributed by atoms with E-state index in [9.17, 15) is 4.79 Å². The van der Waals surface area contributed by atoms with Crippen molar-refractivity contribution in [2.24, 2.45) is 17.0 Å². The molecule has 6 nitrogen and oxygen atoms in total. The van der Waals surface area contributed by atoms with Crippen LogP contribution >= 0.6 is 0 Å². The number of fused-ring (bicyclic) bond motifs is 2. The first kappa shape index (κ1) is 13.0. The van der Waals surface area contributed by atoms with Gasteiger partial charge >= 0.3 is 6.09 Å². The van der Waals surface area contributed by atoms with Gasteiger partial charge in [0.1, 0.15) is 5.60 Å². The van der Waals surface area contributed by atoms with Gasteiger partial charge in [-0.25, -0.2) is 4.79 Å². The fourth-order valence-corrected chi connectivity index (χ4v) is 2.92. The molecule has 1 aliphatic heterocycles. The van der Waals surface area contributed by atoms with Crippen LogP contribution in [0, 0.1) is 11.8 Å². The predicted octanol–water partition coefficient (Wildman–Crippen LogP) is 2.94. The monoisotopic (exact) mass is 252 g/mol. The average molecular weight is 252 g/mol. The number of carbonyl (C=O) groups excluding carboxylic acids is 1. The zero-order chi connectivity index (χ0) is 13.3. The van der Waals surface area contributed by atoms with Crippen LogP contribution in [0.1, 0.15) is 33.6 Å². The fourth-order valence-electron chi connectivity index (χ4n) is 2.92. The van der Waals surface area contributed by atoms with Crippen molar-refractivity contribution < 1.29 is 9.53 Å². The molecule has 1 saturated heterocycles. The van der Waals surface area contributed by atoms with Crippen LogP contribution in [0.3, 0.4) is 0 Å². The zero-order valence-electron chi connectivity index (χ0n) is 11.2. The lowest BCUT2D eigenvalue weighted by atomic mass is 9.93. The van der Waals surface area contributed by atoms with E-state index in [4.69, 9.17) is 10.3 Å². The Morgan fingerprint density at radius 3 is 2.33 bits per heavy atom. The van der Waals surface area contributed by atoms with Crippen LogP contribution in [0.25, 0.3) is 10.4 Å². The molecule has 0 spiro atoms. The van der Waals surface area contributed by atoms with E-state index in [1.165, 1.54) is 0 Å². The highest BCUT2D eigenvalue weighted by Gasteiger charge is 2.43. The molecule has 1 amide bonds. The highest BCUT2D eigenvalue weighted by atomic mass is 16.6. The first-order valence-corrected chi connectivity index (χ1v) is 6.43. The second kappa shape index (κ2) is 4.69. The number of likely N-dealkylation sites (tertiary alicyclic amines) is 1. The molecule has 0 radical (unpaired) electrons. The zero-order valence-corrected chi connectivity index (χ0v) is 11.2. The van der Waals surface area contributed by atoms with Crippen molar-refractivity contribution in [1.82, 2.24) is 4.90 Å². The number of hydrogen-bond donors (Lipinski definition) is 0. The van der Waals surface area contributed by atoms with Crippen LogP contribution in [-0.4, -0.2) is 35.7 Å². The third-order valence-corrected chi connectivity index (χ3v) is 3.62. The van der Waals surface area contributed by atoms with E-state index < -0.39 is 5.60 Å². The lowest BCUT2D eigenvalue weighted by molar-refractivity contribution is 0.0134. The predicted molar refractivity (Wildman–Crippen MR) is 67.0 cm³/mol. The Morgan fingerprint density at radius 1 is 1.33 bits per heavy atom. The first-order valence-electron chi connectivity index (χ1n) is 6.43. The number of piperidine rings is 1. The average Bonchev–Trinajstić information content (AvgIpc) is 2.49. The van der Waals surface area contributed by atoms with E-state index in [2.05, 4.69) is 10.0 Å². The minimum absolute atomic E-state index is 0.0636. The topological polar surface area (TPSA) is 78.3 Å². The van der Waals surface area contributed by atoms with Crippen LogP contribution in [0.15, 0.2) is 5.11 Å². The standard InChI is InChI=1S/C12H20N4O2/c1-12(2,3)18-11(17)16-6-8-4-5-9(7-16)10(8)14-15-13/h8-10H,4-7H2,1-3H3/t8-,9+,10?. The smallest absolute Gasteiger partial charge is 0.410 e. The summed E-state index contributed by atoms with van der Waals surface area (Å²) in [7, 11) is 0. The minimum atomic E-state index is -0.461. The van der Waals surface area contributed by atoms with E-state index in [0.717, 1.165) is 12.8 Å². The van der Waals surface area contributed by atoms with Crippen molar-refractivity contribution in [1.29, 1.82) is 0 Å². The maximum absolute atomic E-state index is 12.0. The Balaban J connectivity index is 2.00. The molecule has 2 rings (SSSR count). The molecule has 6 heteroatoms. The maximum atomic E-state index is 12.0. The van der Waals surface area contributed by atoms with Crippen LogP contribution in [0.2, 0.25) is 0 Å². The number of hydrogen-bond acceptors (Lipinski definition) is 3. The van der Waals surface area contributed by atoms with Gasteiger partial charge in [0, 0.05) is 24.0 Å². The Morgan fingerprint density at radius 2 is 1.89 bits per heavy atom. The molecule has 2 aliphatic rings. The van der Waals surface area contributed by atoms with Gasteiger partial charge in [0.25, 0.3) is 0 Å². The van der Waals surface area contributed by atoms with Crippen LogP contribution in [-0.2, 0) is 4.74 Å². The third kappa shape index (κ3) is 2.70. The van der Waals surface area contributed by atoms with E-state index in [1.54, 1.807) is 4.90 Å². The highest BCUT2D eigenvalue weighted by molar-refractivity contribution is 5.68. The Bertz CT molecular complexity index is 370. The van der Waals surface area contributed by atoms with Crippen molar-refractivity contribution in [3.05, 3.63) is 10.4 Å². The SMILES string of the molecule is CC(C)(C)OC(=O)N1C[C@H]2CC[C@@H](C1)C2N=[N+]=[N-]. The Kier molecular flexibility index (Phi) is 3.39. The van der Waals surface area contributed by atoms with Gasteiger partial charge in [-0.3, -0.25) is 0 Å². The van der Waals surface area contributed by atoms with E-state index in [-0.39, 0.29) is 12.1 Å². The van der Waals surface area contributed by atoms with E-state index in [0.29, 0.717) is 24.9 Å². The van der Waals surface area contributed by atoms with Crippen molar-refractivity contribution in [2.45, 2.75) is 45.3 Å². The molecule has 0 aromatic carbocycles. The summed E-state index contributed by atoms with van der Waals surface area (Å²) in [4.78, 5) is 16.7. The number of azide groups is 1. The quantitative estimate of drug-likeness (QED) is 0.408.